The first-order chi connectivity index (χ1) is 19.1. The quantitative estimate of drug-likeness (QED) is 0.476. The minimum absolute atomic E-state index is 0.0256. The van der Waals surface area contributed by atoms with E-state index in [4.69, 9.17) is 0 Å². The molecule has 8 nitrogen and oxygen atoms in total. The van der Waals surface area contributed by atoms with E-state index in [0.29, 0.717) is 30.9 Å². The van der Waals surface area contributed by atoms with Crippen LogP contribution in [0.4, 0.5) is 17.6 Å². The third-order valence-corrected chi connectivity index (χ3v) is 9.32. The number of β-amino-alcohol motifs (C(OH)–C–C–N with tert-alkyl or cyclic N) is 1. The first-order valence-corrected chi connectivity index (χ1v) is 15.2. The molecular weight excluding hydrogens is 566 g/mol. The van der Waals surface area contributed by atoms with Gasteiger partial charge in [-0.2, -0.15) is 17.5 Å². The molecule has 5 rings (SSSR count). The number of alkyl halides is 3. The normalized spacial score (nSPS) is 23.6. The second-order valence-corrected chi connectivity index (χ2v) is 13.5. The SMILES string of the molecule is C[C@@H]1C[C@H](C(=O)NC(c2ccc(C(F)(F)F)cc2F)C2CC2)N(C(=O)c2cccc(C3(O)CN(S(C)(=O)=O)C3)c2)C1. The van der Waals surface area contributed by atoms with E-state index >= 15 is 0 Å². The van der Waals surface area contributed by atoms with E-state index in [1.807, 2.05) is 6.92 Å². The second-order valence-electron chi connectivity index (χ2n) is 11.5. The maximum absolute atomic E-state index is 14.8. The molecule has 2 amide bonds. The van der Waals surface area contributed by atoms with Gasteiger partial charge in [-0.15, -0.1) is 0 Å². The number of benzene rings is 2. The van der Waals surface area contributed by atoms with Gasteiger partial charge in [-0.05, 0) is 60.9 Å². The van der Waals surface area contributed by atoms with Gasteiger partial charge < -0.3 is 15.3 Å². The third-order valence-electron chi connectivity index (χ3n) is 8.12. The minimum Gasteiger partial charge on any atom is -0.382 e. The van der Waals surface area contributed by atoms with Crippen molar-refractivity contribution >= 4 is 21.8 Å². The zero-order valence-corrected chi connectivity index (χ0v) is 23.3. The topological polar surface area (TPSA) is 107 Å². The fraction of sp³-hybridized carbons (Fsp3) is 0.500. The monoisotopic (exact) mass is 597 g/mol. The number of aliphatic hydroxyl groups is 1. The highest BCUT2D eigenvalue weighted by Crippen LogP contribution is 2.43. The average Bonchev–Trinajstić information content (AvgIpc) is 3.64. The van der Waals surface area contributed by atoms with Gasteiger partial charge in [-0.25, -0.2) is 12.8 Å². The molecule has 1 unspecified atom stereocenters. The predicted molar refractivity (Wildman–Crippen MR) is 140 cm³/mol. The molecule has 2 aliphatic heterocycles. The highest BCUT2D eigenvalue weighted by atomic mass is 32.2. The summed E-state index contributed by atoms with van der Waals surface area (Å²) in [5, 5.41) is 13.7. The molecule has 1 saturated carbocycles. The molecule has 222 valence electrons. The number of halogens is 4. The van der Waals surface area contributed by atoms with Crippen molar-refractivity contribution in [1.29, 1.82) is 0 Å². The Kier molecular flexibility index (Phi) is 7.44. The number of likely N-dealkylation sites (tertiary alicyclic amines) is 1. The summed E-state index contributed by atoms with van der Waals surface area (Å²) in [6, 6.07) is 6.80. The van der Waals surface area contributed by atoms with Crippen LogP contribution in [0.5, 0.6) is 0 Å². The summed E-state index contributed by atoms with van der Waals surface area (Å²) < 4.78 is 78.6. The lowest BCUT2D eigenvalue weighted by Gasteiger charge is -2.45. The summed E-state index contributed by atoms with van der Waals surface area (Å²) >= 11 is 0. The predicted octanol–water partition coefficient (Wildman–Crippen LogP) is 3.43. The summed E-state index contributed by atoms with van der Waals surface area (Å²) in [6.45, 7) is 1.88. The zero-order valence-electron chi connectivity index (χ0n) is 22.5. The Bertz CT molecular complexity index is 1470. The highest BCUT2D eigenvalue weighted by Gasteiger charge is 2.47. The van der Waals surface area contributed by atoms with Crippen LogP contribution in [-0.4, -0.2) is 66.5 Å². The first-order valence-electron chi connectivity index (χ1n) is 13.3. The van der Waals surface area contributed by atoms with Crippen molar-refractivity contribution in [2.45, 2.75) is 50.0 Å². The zero-order chi connectivity index (χ0) is 29.9. The molecule has 2 aromatic rings. The van der Waals surface area contributed by atoms with Gasteiger partial charge in [0.2, 0.25) is 15.9 Å². The standard InChI is InChI=1S/C28H31F4N3O5S/c1-16-10-23(25(36)33-24(17-6-7-17)21-9-8-20(12-22(21)29)28(30,31)32)35(13-16)26(37)18-4-3-5-19(11-18)27(38)14-34(15-27)41(2,39)40/h3-5,8-9,11-12,16-17,23-24,38H,6-7,10,13-15H2,1-2H3,(H,33,36)/t16-,23-,24?/m1/s1. The van der Waals surface area contributed by atoms with Crippen LogP contribution in [0.1, 0.15) is 59.3 Å². The number of hydrogen-bond acceptors (Lipinski definition) is 5. The van der Waals surface area contributed by atoms with Crippen molar-refractivity contribution in [2.75, 3.05) is 25.9 Å². The summed E-state index contributed by atoms with van der Waals surface area (Å²) in [7, 11) is -3.47. The van der Waals surface area contributed by atoms with Crippen LogP contribution >= 0.6 is 0 Å². The third kappa shape index (κ3) is 5.98. The van der Waals surface area contributed by atoms with E-state index < -0.39 is 57.1 Å². The van der Waals surface area contributed by atoms with Crippen LogP contribution in [-0.2, 0) is 26.6 Å². The van der Waals surface area contributed by atoms with E-state index in [9.17, 15) is 40.7 Å². The number of nitrogens with one attached hydrogen (secondary N) is 1. The molecule has 13 heteroatoms. The Balaban J connectivity index is 1.34. The Labute approximate surface area is 235 Å². The van der Waals surface area contributed by atoms with Crippen LogP contribution in [0.15, 0.2) is 42.5 Å². The second kappa shape index (κ2) is 10.4. The number of amides is 2. The summed E-state index contributed by atoms with van der Waals surface area (Å²) in [5.74, 6) is -2.18. The number of carbonyl (C=O) groups excluding carboxylic acids is 2. The molecule has 0 radical (unpaired) electrons. The average molecular weight is 598 g/mol. The van der Waals surface area contributed by atoms with Gasteiger partial charge >= 0.3 is 6.18 Å². The lowest BCUT2D eigenvalue weighted by molar-refractivity contribution is -0.137. The summed E-state index contributed by atoms with van der Waals surface area (Å²) in [6.07, 6.45) is -1.94. The fourth-order valence-electron chi connectivity index (χ4n) is 5.66. The van der Waals surface area contributed by atoms with Crippen molar-refractivity contribution in [3.63, 3.8) is 0 Å². The lowest BCUT2D eigenvalue weighted by Crippen LogP contribution is -2.60. The molecule has 0 aromatic heterocycles. The summed E-state index contributed by atoms with van der Waals surface area (Å²) in [4.78, 5) is 28.5. The molecule has 41 heavy (non-hydrogen) atoms. The molecule has 0 bridgehead atoms. The van der Waals surface area contributed by atoms with Crippen LogP contribution in [0.3, 0.4) is 0 Å². The van der Waals surface area contributed by atoms with Crippen molar-refractivity contribution < 1.29 is 40.7 Å². The maximum atomic E-state index is 14.8. The smallest absolute Gasteiger partial charge is 0.382 e. The molecule has 2 heterocycles. The van der Waals surface area contributed by atoms with Crippen LogP contribution in [0, 0.1) is 17.7 Å². The molecule has 3 fully saturated rings. The Hall–Kier alpha value is -3.03. The van der Waals surface area contributed by atoms with E-state index in [1.54, 1.807) is 18.2 Å². The van der Waals surface area contributed by atoms with Crippen LogP contribution < -0.4 is 5.32 Å². The Morgan fingerprint density at radius 3 is 2.39 bits per heavy atom. The fourth-order valence-corrected chi connectivity index (χ4v) is 6.56. The van der Waals surface area contributed by atoms with E-state index in [0.717, 1.165) is 22.7 Å². The van der Waals surface area contributed by atoms with Crippen molar-refractivity contribution in [3.8, 4) is 0 Å². The molecule has 1 aliphatic carbocycles. The van der Waals surface area contributed by atoms with Crippen LogP contribution in [0.25, 0.3) is 0 Å². The van der Waals surface area contributed by atoms with Gasteiger partial charge in [-0.1, -0.05) is 25.1 Å². The number of hydrogen-bond donors (Lipinski definition) is 2. The molecule has 2 saturated heterocycles. The molecule has 3 aliphatic rings. The van der Waals surface area contributed by atoms with Crippen molar-refractivity contribution in [2.24, 2.45) is 11.8 Å². The van der Waals surface area contributed by atoms with Crippen molar-refractivity contribution in [1.82, 2.24) is 14.5 Å². The van der Waals surface area contributed by atoms with Crippen molar-refractivity contribution in [3.05, 3.63) is 70.5 Å². The van der Waals surface area contributed by atoms with Gasteiger partial charge in [0, 0.05) is 30.8 Å². The first kappa shape index (κ1) is 29.5. The van der Waals surface area contributed by atoms with Gasteiger partial charge in [0.1, 0.15) is 17.5 Å². The molecule has 2 N–H and O–H groups in total. The number of nitrogens with zero attached hydrogens (tertiary/aromatic N) is 2. The van der Waals surface area contributed by atoms with Crippen LogP contribution in [0.2, 0.25) is 0 Å². The molecule has 2 aromatic carbocycles. The lowest BCUT2D eigenvalue weighted by atomic mass is 9.87. The number of rotatable bonds is 7. The van der Waals surface area contributed by atoms with Gasteiger partial charge in [0.25, 0.3) is 5.91 Å². The van der Waals surface area contributed by atoms with Gasteiger partial charge in [0.15, 0.2) is 0 Å². The largest absolute Gasteiger partial charge is 0.416 e. The highest BCUT2D eigenvalue weighted by molar-refractivity contribution is 7.88. The molecular formula is C28H31F4N3O5S. The Morgan fingerprint density at radius 2 is 1.80 bits per heavy atom. The maximum Gasteiger partial charge on any atom is 0.416 e. The minimum atomic E-state index is -4.70. The summed E-state index contributed by atoms with van der Waals surface area (Å²) in [5.41, 5.74) is -1.99. The molecule has 0 spiro atoms. The number of carbonyl (C=O) groups is 2. The van der Waals surface area contributed by atoms with E-state index in [1.165, 1.54) is 11.0 Å². The van der Waals surface area contributed by atoms with E-state index in [-0.39, 0.29) is 42.6 Å². The van der Waals surface area contributed by atoms with Gasteiger partial charge in [-0.3, -0.25) is 9.59 Å². The van der Waals surface area contributed by atoms with Gasteiger partial charge in [0.05, 0.1) is 17.9 Å². The Morgan fingerprint density at radius 1 is 1.12 bits per heavy atom. The molecule has 3 atom stereocenters. The van der Waals surface area contributed by atoms with E-state index in [2.05, 4.69) is 5.32 Å². The number of sulfonamides is 1.